The van der Waals surface area contributed by atoms with Gasteiger partial charge in [-0.1, -0.05) is 0 Å². The van der Waals surface area contributed by atoms with Gasteiger partial charge < -0.3 is 4.74 Å². The lowest BCUT2D eigenvalue weighted by Gasteiger charge is -1.98. The molecule has 0 amide bonds. The summed E-state index contributed by atoms with van der Waals surface area (Å²) in [6.45, 7) is 1.79. The second-order valence-corrected chi connectivity index (χ2v) is 2.28. The zero-order valence-corrected chi connectivity index (χ0v) is 6.53. The van der Waals surface area contributed by atoms with Gasteiger partial charge in [-0.2, -0.15) is 5.26 Å². The van der Waals surface area contributed by atoms with Gasteiger partial charge in [0.1, 0.15) is 5.75 Å². The molecule has 0 aromatic heterocycles. The van der Waals surface area contributed by atoms with Crippen molar-refractivity contribution in [3.8, 4) is 18.1 Å². The molecule has 0 unspecified atom stereocenters. The van der Waals surface area contributed by atoms with Crippen LogP contribution in [-0.4, -0.2) is 0 Å². The highest BCUT2D eigenvalue weighted by atomic mass is 16.5. The minimum atomic E-state index is 0.467. The van der Waals surface area contributed by atoms with Gasteiger partial charge in [0.15, 0.2) is 0 Å². The molecule has 0 spiro atoms. The van der Waals surface area contributed by atoms with Crippen molar-refractivity contribution in [2.75, 3.05) is 0 Å². The van der Waals surface area contributed by atoms with Crippen LogP contribution in [0.1, 0.15) is 11.1 Å². The highest BCUT2D eigenvalue weighted by Crippen LogP contribution is 2.15. The Morgan fingerprint density at radius 3 is 2.58 bits per heavy atom. The molecule has 0 aliphatic heterocycles. The SMILES string of the molecule is Cc1cc(OC#N)ccc1C#N. The Hall–Kier alpha value is -2.00. The molecule has 1 aromatic rings. The van der Waals surface area contributed by atoms with E-state index < -0.39 is 0 Å². The van der Waals surface area contributed by atoms with Gasteiger partial charge in [-0.05, 0) is 30.7 Å². The summed E-state index contributed by atoms with van der Waals surface area (Å²) in [5, 5.41) is 16.8. The molecule has 0 atom stereocenters. The number of benzene rings is 1. The topological polar surface area (TPSA) is 56.8 Å². The maximum atomic E-state index is 8.58. The molecule has 0 saturated carbocycles. The lowest BCUT2D eigenvalue weighted by atomic mass is 10.1. The summed E-state index contributed by atoms with van der Waals surface area (Å²) in [5.41, 5.74) is 1.41. The van der Waals surface area contributed by atoms with Crippen molar-refractivity contribution in [2.24, 2.45) is 0 Å². The Bertz CT molecular complexity index is 371. The standard InChI is InChI=1S/C9H6N2O/c1-7-4-9(12-6-11)3-2-8(7)5-10/h2-4H,1H3. The zero-order chi connectivity index (χ0) is 8.97. The van der Waals surface area contributed by atoms with Crippen LogP contribution in [0, 0.1) is 29.8 Å². The molecule has 12 heavy (non-hydrogen) atoms. The summed E-state index contributed by atoms with van der Waals surface area (Å²) < 4.78 is 4.58. The van der Waals surface area contributed by atoms with Crippen molar-refractivity contribution in [1.82, 2.24) is 0 Å². The third-order valence-corrected chi connectivity index (χ3v) is 1.48. The van der Waals surface area contributed by atoms with Gasteiger partial charge in [-0.15, -0.1) is 5.26 Å². The second-order valence-electron chi connectivity index (χ2n) is 2.28. The van der Waals surface area contributed by atoms with Crippen molar-refractivity contribution >= 4 is 0 Å². The Kier molecular flexibility index (Phi) is 2.30. The van der Waals surface area contributed by atoms with Crippen LogP contribution in [0.15, 0.2) is 18.2 Å². The van der Waals surface area contributed by atoms with Gasteiger partial charge in [0, 0.05) is 0 Å². The van der Waals surface area contributed by atoms with E-state index in [1.165, 1.54) is 0 Å². The number of ether oxygens (including phenoxy) is 1. The quantitative estimate of drug-likeness (QED) is 0.585. The Morgan fingerprint density at radius 1 is 1.33 bits per heavy atom. The van der Waals surface area contributed by atoms with Gasteiger partial charge >= 0.3 is 0 Å². The fourth-order valence-corrected chi connectivity index (χ4v) is 0.878. The first-order chi connectivity index (χ1) is 5.77. The van der Waals surface area contributed by atoms with Crippen molar-refractivity contribution in [3.05, 3.63) is 29.3 Å². The molecule has 0 radical (unpaired) electrons. The van der Waals surface area contributed by atoms with Crippen molar-refractivity contribution in [1.29, 1.82) is 10.5 Å². The summed E-state index contributed by atoms with van der Waals surface area (Å²) in [6.07, 6.45) is 1.57. The lowest BCUT2D eigenvalue weighted by Crippen LogP contribution is -1.85. The van der Waals surface area contributed by atoms with Gasteiger partial charge in [0.05, 0.1) is 11.6 Å². The molecule has 0 N–H and O–H groups in total. The predicted molar refractivity (Wildman–Crippen MR) is 42.1 cm³/mol. The van der Waals surface area contributed by atoms with E-state index in [2.05, 4.69) is 4.74 Å². The molecular weight excluding hydrogens is 152 g/mol. The number of nitrogens with zero attached hydrogens (tertiary/aromatic N) is 2. The number of rotatable bonds is 1. The molecule has 3 heteroatoms. The van der Waals surface area contributed by atoms with Crippen LogP contribution in [-0.2, 0) is 0 Å². The molecule has 0 saturated heterocycles. The Balaban J connectivity index is 3.06. The highest BCUT2D eigenvalue weighted by Gasteiger charge is 1.98. The fourth-order valence-electron chi connectivity index (χ4n) is 0.878. The number of hydrogen-bond acceptors (Lipinski definition) is 3. The van der Waals surface area contributed by atoms with Crippen LogP contribution in [0.2, 0.25) is 0 Å². The van der Waals surface area contributed by atoms with Gasteiger partial charge in [0.2, 0.25) is 0 Å². The largest absolute Gasteiger partial charge is 0.388 e. The van der Waals surface area contributed by atoms with E-state index in [0.29, 0.717) is 11.3 Å². The number of aryl methyl sites for hydroxylation is 1. The van der Waals surface area contributed by atoms with E-state index in [4.69, 9.17) is 10.5 Å². The molecule has 0 aliphatic carbocycles. The smallest absolute Gasteiger partial charge is 0.292 e. The third kappa shape index (κ3) is 1.53. The maximum absolute atomic E-state index is 8.58. The van der Waals surface area contributed by atoms with Crippen LogP contribution in [0.4, 0.5) is 0 Å². The summed E-state index contributed by atoms with van der Waals surface area (Å²) in [5.74, 6) is 0.467. The summed E-state index contributed by atoms with van der Waals surface area (Å²) >= 11 is 0. The third-order valence-electron chi connectivity index (χ3n) is 1.48. The summed E-state index contributed by atoms with van der Waals surface area (Å²) in [6, 6.07) is 6.90. The normalized spacial score (nSPS) is 8.25. The van der Waals surface area contributed by atoms with Crippen LogP contribution in [0.3, 0.4) is 0 Å². The van der Waals surface area contributed by atoms with Gasteiger partial charge in [-0.3, -0.25) is 0 Å². The molecule has 3 nitrogen and oxygen atoms in total. The average molecular weight is 158 g/mol. The van der Waals surface area contributed by atoms with Crippen LogP contribution >= 0.6 is 0 Å². The molecule has 0 fully saturated rings. The molecule has 0 aliphatic rings. The second kappa shape index (κ2) is 3.41. The first-order valence-corrected chi connectivity index (χ1v) is 3.34. The zero-order valence-electron chi connectivity index (χ0n) is 6.53. The molecule has 1 rings (SSSR count). The first-order valence-electron chi connectivity index (χ1n) is 3.34. The van der Waals surface area contributed by atoms with Gasteiger partial charge in [-0.25, -0.2) is 0 Å². The maximum Gasteiger partial charge on any atom is 0.292 e. The highest BCUT2D eigenvalue weighted by molar-refractivity contribution is 5.41. The monoisotopic (exact) mass is 158 g/mol. The van der Waals surface area contributed by atoms with E-state index in [9.17, 15) is 0 Å². The van der Waals surface area contributed by atoms with Crippen LogP contribution < -0.4 is 4.74 Å². The van der Waals surface area contributed by atoms with E-state index in [0.717, 1.165) is 5.56 Å². The summed E-state index contributed by atoms with van der Waals surface area (Å²) in [7, 11) is 0. The van der Waals surface area contributed by atoms with E-state index in [1.54, 1.807) is 31.4 Å². The number of hydrogen-bond donors (Lipinski definition) is 0. The molecule has 0 heterocycles. The van der Waals surface area contributed by atoms with E-state index in [-0.39, 0.29) is 0 Å². The summed E-state index contributed by atoms with van der Waals surface area (Å²) in [4.78, 5) is 0. The fraction of sp³-hybridized carbons (Fsp3) is 0.111. The predicted octanol–water partition coefficient (Wildman–Crippen LogP) is 1.73. The Morgan fingerprint density at radius 2 is 2.08 bits per heavy atom. The lowest BCUT2D eigenvalue weighted by molar-refractivity contribution is 0.506. The van der Waals surface area contributed by atoms with Crippen molar-refractivity contribution in [3.63, 3.8) is 0 Å². The number of nitriles is 2. The van der Waals surface area contributed by atoms with Crippen LogP contribution in [0.5, 0.6) is 5.75 Å². The molecular formula is C9H6N2O. The average Bonchev–Trinajstić information content (AvgIpc) is 2.05. The molecule has 1 aromatic carbocycles. The van der Waals surface area contributed by atoms with Crippen molar-refractivity contribution in [2.45, 2.75) is 6.92 Å². The van der Waals surface area contributed by atoms with Gasteiger partial charge in [0.25, 0.3) is 6.26 Å². The van der Waals surface area contributed by atoms with E-state index >= 15 is 0 Å². The minimum Gasteiger partial charge on any atom is -0.388 e. The molecule has 58 valence electrons. The van der Waals surface area contributed by atoms with Crippen LogP contribution in [0.25, 0.3) is 0 Å². The molecule has 0 bridgehead atoms. The van der Waals surface area contributed by atoms with Crippen molar-refractivity contribution < 1.29 is 4.74 Å². The first kappa shape index (κ1) is 8.10. The Labute approximate surface area is 70.4 Å². The van der Waals surface area contributed by atoms with E-state index in [1.807, 2.05) is 6.07 Å². The minimum absolute atomic E-state index is 0.467.